The maximum atomic E-state index is 13.9. The van der Waals surface area contributed by atoms with Crippen molar-refractivity contribution in [3.8, 4) is 17.2 Å². The number of methoxy groups -OCH3 is 3. The van der Waals surface area contributed by atoms with Gasteiger partial charge in [0.15, 0.2) is 11.5 Å². The number of likely N-dealkylation sites (tertiary alicyclic amines) is 2. The SMILES string of the molecule is COc1ccc(C(=O)N2C(C(=O)N3CCCC3)COC23CCN(C(=O)c2ccc(OC)c(OC)c2)CC3)cc1. The van der Waals surface area contributed by atoms with E-state index in [1.54, 1.807) is 66.5 Å². The third-order valence-electron chi connectivity index (χ3n) is 7.98. The lowest BCUT2D eigenvalue weighted by molar-refractivity contribution is -0.136. The Morgan fingerprint density at radius 1 is 0.769 bits per heavy atom. The Bertz CT molecular complexity index is 1220. The highest BCUT2D eigenvalue weighted by Crippen LogP contribution is 2.40. The first-order valence-corrected chi connectivity index (χ1v) is 13.3. The van der Waals surface area contributed by atoms with Crippen LogP contribution < -0.4 is 14.2 Å². The van der Waals surface area contributed by atoms with Gasteiger partial charge in [-0.15, -0.1) is 0 Å². The molecule has 2 aromatic rings. The van der Waals surface area contributed by atoms with Crippen LogP contribution in [0, 0.1) is 0 Å². The topological polar surface area (TPSA) is 97.9 Å². The van der Waals surface area contributed by atoms with Crippen molar-refractivity contribution in [1.29, 1.82) is 0 Å². The Morgan fingerprint density at radius 3 is 2.03 bits per heavy atom. The Hall–Kier alpha value is -3.79. The summed E-state index contributed by atoms with van der Waals surface area (Å²) in [6, 6.07) is 11.3. The van der Waals surface area contributed by atoms with Crippen LogP contribution in [0.2, 0.25) is 0 Å². The molecule has 2 aromatic carbocycles. The van der Waals surface area contributed by atoms with Crippen molar-refractivity contribution in [3.05, 3.63) is 53.6 Å². The van der Waals surface area contributed by atoms with Crippen LogP contribution in [0.15, 0.2) is 42.5 Å². The molecule has 1 unspecified atom stereocenters. The van der Waals surface area contributed by atoms with E-state index in [9.17, 15) is 14.4 Å². The number of rotatable bonds is 6. The molecule has 3 aliphatic heterocycles. The average Bonchev–Trinajstić information content (AvgIpc) is 3.65. The molecule has 0 N–H and O–H groups in total. The van der Waals surface area contributed by atoms with Crippen LogP contribution in [0.3, 0.4) is 0 Å². The molecule has 39 heavy (non-hydrogen) atoms. The number of benzene rings is 2. The molecule has 3 aliphatic rings. The number of hydrogen-bond donors (Lipinski definition) is 0. The zero-order valence-electron chi connectivity index (χ0n) is 22.7. The predicted molar refractivity (Wildman–Crippen MR) is 142 cm³/mol. The van der Waals surface area contributed by atoms with E-state index in [4.69, 9.17) is 18.9 Å². The molecule has 3 heterocycles. The fourth-order valence-corrected chi connectivity index (χ4v) is 5.79. The molecule has 0 aliphatic carbocycles. The van der Waals surface area contributed by atoms with Crippen molar-refractivity contribution in [2.24, 2.45) is 0 Å². The summed E-state index contributed by atoms with van der Waals surface area (Å²) < 4.78 is 22.2. The van der Waals surface area contributed by atoms with Crippen molar-refractivity contribution >= 4 is 17.7 Å². The van der Waals surface area contributed by atoms with Gasteiger partial charge in [0.2, 0.25) is 5.91 Å². The molecule has 1 atom stereocenters. The van der Waals surface area contributed by atoms with E-state index in [1.165, 1.54) is 7.11 Å². The zero-order chi connectivity index (χ0) is 27.6. The number of nitrogens with zero attached hydrogens (tertiary/aromatic N) is 3. The van der Waals surface area contributed by atoms with Crippen LogP contribution >= 0.6 is 0 Å². The van der Waals surface area contributed by atoms with Gasteiger partial charge in [-0.25, -0.2) is 0 Å². The van der Waals surface area contributed by atoms with Crippen molar-refractivity contribution in [1.82, 2.24) is 14.7 Å². The van der Waals surface area contributed by atoms with Gasteiger partial charge in [0.25, 0.3) is 11.8 Å². The van der Waals surface area contributed by atoms with Crippen molar-refractivity contribution < 1.29 is 33.3 Å². The van der Waals surface area contributed by atoms with E-state index in [-0.39, 0.29) is 24.3 Å². The van der Waals surface area contributed by atoms with Gasteiger partial charge in [0.05, 0.1) is 27.9 Å². The molecular weight excluding hydrogens is 502 g/mol. The van der Waals surface area contributed by atoms with Gasteiger partial charge < -0.3 is 28.7 Å². The highest BCUT2D eigenvalue weighted by molar-refractivity contribution is 5.99. The number of hydrogen-bond acceptors (Lipinski definition) is 7. The first-order chi connectivity index (χ1) is 18.9. The van der Waals surface area contributed by atoms with Crippen LogP contribution in [0.1, 0.15) is 46.4 Å². The van der Waals surface area contributed by atoms with Gasteiger partial charge in [0.1, 0.15) is 17.5 Å². The highest BCUT2D eigenvalue weighted by atomic mass is 16.5. The van der Waals surface area contributed by atoms with Gasteiger partial charge in [-0.05, 0) is 55.3 Å². The quantitative estimate of drug-likeness (QED) is 0.559. The van der Waals surface area contributed by atoms with Crippen molar-refractivity contribution in [3.63, 3.8) is 0 Å². The minimum atomic E-state index is -0.967. The number of carbonyl (C=O) groups is 3. The van der Waals surface area contributed by atoms with E-state index in [0.717, 1.165) is 12.8 Å². The summed E-state index contributed by atoms with van der Waals surface area (Å²) in [7, 11) is 4.65. The molecule has 10 nitrogen and oxygen atoms in total. The molecule has 3 fully saturated rings. The lowest BCUT2D eigenvalue weighted by atomic mass is 9.96. The average molecular weight is 538 g/mol. The van der Waals surface area contributed by atoms with E-state index in [1.807, 2.05) is 4.90 Å². The van der Waals surface area contributed by atoms with Crippen LogP contribution in [-0.2, 0) is 9.53 Å². The largest absolute Gasteiger partial charge is 0.497 e. The maximum absolute atomic E-state index is 13.9. The Morgan fingerprint density at radius 2 is 1.41 bits per heavy atom. The smallest absolute Gasteiger partial charge is 0.256 e. The molecule has 0 saturated carbocycles. The highest BCUT2D eigenvalue weighted by Gasteiger charge is 2.55. The summed E-state index contributed by atoms with van der Waals surface area (Å²) in [6.45, 7) is 2.29. The van der Waals surface area contributed by atoms with Crippen LogP contribution in [0.25, 0.3) is 0 Å². The molecule has 3 saturated heterocycles. The van der Waals surface area contributed by atoms with E-state index >= 15 is 0 Å². The third kappa shape index (κ3) is 5.01. The molecule has 10 heteroatoms. The van der Waals surface area contributed by atoms with Gasteiger partial charge in [0, 0.05) is 50.1 Å². The Balaban J connectivity index is 1.38. The minimum absolute atomic E-state index is 0.0740. The fourth-order valence-electron chi connectivity index (χ4n) is 5.79. The first-order valence-electron chi connectivity index (χ1n) is 13.3. The lowest BCUT2D eigenvalue weighted by Crippen LogP contribution is -2.60. The van der Waals surface area contributed by atoms with Gasteiger partial charge in [-0.1, -0.05) is 0 Å². The number of amides is 3. The summed E-state index contributed by atoms with van der Waals surface area (Å²) >= 11 is 0. The second kappa shape index (κ2) is 11.1. The van der Waals surface area contributed by atoms with Crippen LogP contribution in [-0.4, -0.2) is 98.3 Å². The number of piperidine rings is 1. The first kappa shape index (κ1) is 26.8. The minimum Gasteiger partial charge on any atom is -0.497 e. The number of carbonyl (C=O) groups excluding carboxylic acids is 3. The zero-order valence-corrected chi connectivity index (χ0v) is 22.7. The maximum Gasteiger partial charge on any atom is 0.256 e. The Kier molecular flexibility index (Phi) is 7.65. The summed E-state index contributed by atoms with van der Waals surface area (Å²) in [5, 5.41) is 0. The molecule has 5 rings (SSSR count). The molecule has 3 amide bonds. The summed E-state index contributed by atoms with van der Waals surface area (Å²) in [5.41, 5.74) is -0.0150. The second-order valence-corrected chi connectivity index (χ2v) is 10.1. The van der Waals surface area contributed by atoms with E-state index in [2.05, 4.69) is 0 Å². The molecule has 0 radical (unpaired) electrons. The summed E-state index contributed by atoms with van der Waals surface area (Å²) in [4.78, 5) is 46.1. The van der Waals surface area contributed by atoms with E-state index in [0.29, 0.717) is 67.4 Å². The molecule has 0 bridgehead atoms. The van der Waals surface area contributed by atoms with Gasteiger partial charge in [-0.3, -0.25) is 19.3 Å². The lowest BCUT2D eigenvalue weighted by Gasteiger charge is -2.44. The third-order valence-corrected chi connectivity index (χ3v) is 7.98. The molecule has 0 aromatic heterocycles. The molecule has 208 valence electrons. The standard InChI is InChI=1S/C29H35N3O7/c1-36-22-9-6-20(7-10-22)27(34)32-23(28(35)30-14-4-5-15-30)19-39-29(32)12-16-31(17-13-29)26(33)21-8-11-24(37-2)25(18-21)38-3/h6-11,18,23H,4-5,12-17,19H2,1-3H3. The predicted octanol–water partition coefficient (Wildman–Crippen LogP) is 2.81. The Labute approximate surface area is 228 Å². The fraction of sp³-hybridized carbons (Fsp3) is 0.483. The monoisotopic (exact) mass is 537 g/mol. The summed E-state index contributed by atoms with van der Waals surface area (Å²) in [6.07, 6.45) is 2.73. The van der Waals surface area contributed by atoms with Crippen molar-refractivity contribution in [2.75, 3.05) is 54.1 Å². The number of ether oxygens (including phenoxy) is 4. The second-order valence-electron chi connectivity index (χ2n) is 10.1. The summed E-state index contributed by atoms with van der Waals surface area (Å²) in [5.74, 6) is 1.21. The molecule has 1 spiro atoms. The van der Waals surface area contributed by atoms with Gasteiger partial charge in [-0.2, -0.15) is 0 Å². The van der Waals surface area contributed by atoms with E-state index < -0.39 is 11.8 Å². The van der Waals surface area contributed by atoms with Crippen LogP contribution in [0.4, 0.5) is 0 Å². The van der Waals surface area contributed by atoms with Crippen LogP contribution in [0.5, 0.6) is 17.2 Å². The molecular formula is C29H35N3O7. The normalized spacial score (nSPS) is 20.3. The van der Waals surface area contributed by atoms with Crippen molar-refractivity contribution in [2.45, 2.75) is 37.5 Å². The van der Waals surface area contributed by atoms with Gasteiger partial charge >= 0.3 is 0 Å².